The highest BCUT2D eigenvalue weighted by atomic mass is 35.5. The molecule has 6 heteroatoms. The van der Waals surface area contributed by atoms with E-state index in [1.165, 1.54) is 7.11 Å². The lowest BCUT2D eigenvalue weighted by molar-refractivity contribution is 0.0323. The van der Waals surface area contributed by atoms with Crippen molar-refractivity contribution in [2.45, 2.75) is 19.4 Å². The van der Waals surface area contributed by atoms with Gasteiger partial charge < -0.3 is 19.6 Å². The summed E-state index contributed by atoms with van der Waals surface area (Å²) in [6.45, 7) is 3.37. The molecule has 0 aliphatic heterocycles. The Morgan fingerprint density at radius 3 is 2.73 bits per heavy atom. The summed E-state index contributed by atoms with van der Waals surface area (Å²) in [6.07, 6.45) is 0. The Balaban J connectivity index is 2.09. The third kappa shape index (κ3) is 3.61. The van der Waals surface area contributed by atoms with Gasteiger partial charge in [0.2, 0.25) is 0 Å². The molecule has 1 aromatic carbocycles. The largest absolute Gasteiger partial charge is 0.496 e. The Morgan fingerprint density at radius 2 is 2.14 bits per heavy atom. The standard InChI is InChI=1S/C16H18ClNO4/c1-10-4-7-14(22-10)16(2,20)9-18-15(19)12-6-5-11(17)8-13(12)21-3/h4-8,20H,9H2,1-3H3,(H,18,19). The van der Waals surface area contributed by atoms with Crippen molar-refractivity contribution in [1.82, 2.24) is 5.32 Å². The number of benzene rings is 1. The van der Waals surface area contributed by atoms with Crippen LogP contribution in [0.25, 0.3) is 0 Å². The molecule has 1 unspecified atom stereocenters. The van der Waals surface area contributed by atoms with Crippen LogP contribution < -0.4 is 10.1 Å². The topological polar surface area (TPSA) is 71.7 Å². The summed E-state index contributed by atoms with van der Waals surface area (Å²) in [5.41, 5.74) is -0.956. The molecule has 5 nitrogen and oxygen atoms in total. The van der Waals surface area contributed by atoms with Gasteiger partial charge in [-0.2, -0.15) is 0 Å². The molecule has 2 aromatic rings. The van der Waals surface area contributed by atoms with E-state index >= 15 is 0 Å². The molecule has 0 saturated carbocycles. The average molecular weight is 324 g/mol. The van der Waals surface area contributed by atoms with Crippen LogP contribution in [0.3, 0.4) is 0 Å². The summed E-state index contributed by atoms with van der Waals surface area (Å²) in [4.78, 5) is 12.2. The van der Waals surface area contributed by atoms with Gasteiger partial charge >= 0.3 is 0 Å². The smallest absolute Gasteiger partial charge is 0.255 e. The van der Waals surface area contributed by atoms with Crippen LogP contribution in [0, 0.1) is 6.92 Å². The van der Waals surface area contributed by atoms with E-state index in [1.54, 1.807) is 44.2 Å². The van der Waals surface area contributed by atoms with Gasteiger partial charge in [-0.25, -0.2) is 0 Å². The first-order chi connectivity index (χ1) is 10.3. The zero-order chi connectivity index (χ0) is 16.3. The number of furan rings is 1. The summed E-state index contributed by atoms with van der Waals surface area (Å²) in [5, 5.41) is 13.6. The van der Waals surface area contributed by atoms with Gasteiger partial charge in [0.15, 0.2) is 0 Å². The summed E-state index contributed by atoms with van der Waals surface area (Å²) in [5.74, 6) is 1.10. The van der Waals surface area contributed by atoms with E-state index in [-0.39, 0.29) is 12.5 Å². The molecular formula is C16H18ClNO4. The first-order valence-electron chi connectivity index (χ1n) is 6.74. The predicted molar refractivity (Wildman–Crippen MR) is 83.4 cm³/mol. The molecule has 2 N–H and O–H groups in total. The van der Waals surface area contributed by atoms with Crippen molar-refractivity contribution in [2.75, 3.05) is 13.7 Å². The van der Waals surface area contributed by atoms with E-state index in [9.17, 15) is 9.90 Å². The monoisotopic (exact) mass is 323 g/mol. The zero-order valence-corrected chi connectivity index (χ0v) is 13.4. The summed E-state index contributed by atoms with van der Waals surface area (Å²) in [6, 6.07) is 8.18. The van der Waals surface area contributed by atoms with Gasteiger partial charge in [0.25, 0.3) is 5.91 Å². The average Bonchev–Trinajstić information content (AvgIpc) is 2.92. The summed E-state index contributed by atoms with van der Waals surface area (Å²) >= 11 is 5.87. The number of methoxy groups -OCH3 is 1. The number of amides is 1. The van der Waals surface area contributed by atoms with Gasteiger partial charge in [0.1, 0.15) is 22.9 Å². The fraction of sp³-hybridized carbons (Fsp3) is 0.312. The molecule has 1 atom stereocenters. The molecule has 0 spiro atoms. The molecule has 22 heavy (non-hydrogen) atoms. The summed E-state index contributed by atoms with van der Waals surface area (Å²) in [7, 11) is 1.46. The van der Waals surface area contributed by atoms with E-state index in [0.29, 0.717) is 27.9 Å². The lowest BCUT2D eigenvalue weighted by atomic mass is 10.0. The highest BCUT2D eigenvalue weighted by Crippen LogP contribution is 2.24. The predicted octanol–water partition coefficient (Wildman–Crippen LogP) is 2.89. The number of nitrogens with one attached hydrogen (secondary N) is 1. The summed E-state index contributed by atoms with van der Waals surface area (Å²) < 4.78 is 10.5. The van der Waals surface area contributed by atoms with Gasteiger partial charge in [-0.1, -0.05) is 11.6 Å². The first kappa shape index (κ1) is 16.4. The van der Waals surface area contributed by atoms with Gasteiger partial charge in [0, 0.05) is 5.02 Å². The van der Waals surface area contributed by atoms with Crippen LogP contribution in [-0.4, -0.2) is 24.7 Å². The number of ether oxygens (including phenoxy) is 1. The lowest BCUT2D eigenvalue weighted by Crippen LogP contribution is -2.38. The molecule has 0 fully saturated rings. The Kier molecular flexibility index (Phi) is 4.78. The number of halogens is 1. The highest BCUT2D eigenvalue weighted by Gasteiger charge is 2.28. The number of hydrogen-bond acceptors (Lipinski definition) is 4. The molecule has 0 aliphatic carbocycles. The zero-order valence-electron chi connectivity index (χ0n) is 12.6. The van der Waals surface area contributed by atoms with Gasteiger partial charge in [-0.05, 0) is 44.2 Å². The molecule has 0 bridgehead atoms. The molecule has 1 aromatic heterocycles. The number of carbonyl (C=O) groups excluding carboxylic acids is 1. The van der Waals surface area contributed by atoms with Crippen molar-refractivity contribution in [3.8, 4) is 5.75 Å². The van der Waals surface area contributed by atoms with Crippen molar-refractivity contribution < 1.29 is 19.1 Å². The Hall–Kier alpha value is -1.98. The number of hydrogen-bond donors (Lipinski definition) is 2. The van der Waals surface area contributed by atoms with Crippen molar-refractivity contribution >= 4 is 17.5 Å². The van der Waals surface area contributed by atoms with Crippen LogP contribution in [-0.2, 0) is 5.60 Å². The maximum atomic E-state index is 12.2. The SMILES string of the molecule is COc1cc(Cl)ccc1C(=O)NCC(C)(O)c1ccc(C)o1. The second-order valence-corrected chi connectivity index (χ2v) is 5.65. The van der Waals surface area contributed by atoms with Crippen molar-refractivity contribution in [1.29, 1.82) is 0 Å². The molecular weight excluding hydrogens is 306 g/mol. The Morgan fingerprint density at radius 1 is 1.41 bits per heavy atom. The minimum absolute atomic E-state index is 0.00453. The first-order valence-corrected chi connectivity index (χ1v) is 7.12. The molecule has 1 amide bonds. The third-order valence-electron chi connectivity index (χ3n) is 3.27. The number of carbonyl (C=O) groups is 1. The van der Waals surface area contributed by atoms with Crippen LogP contribution in [0.1, 0.15) is 28.8 Å². The van der Waals surface area contributed by atoms with E-state index in [4.69, 9.17) is 20.8 Å². The van der Waals surface area contributed by atoms with Gasteiger partial charge in [-0.15, -0.1) is 0 Å². The van der Waals surface area contributed by atoms with Crippen molar-refractivity contribution in [3.05, 3.63) is 52.4 Å². The minimum Gasteiger partial charge on any atom is -0.496 e. The fourth-order valence-electron chi connectivity index (χ4n) is 2.01. The van der Waals surface area contributed by atoms with Crippen LogP contribution in [0.15, 0.2) is 34.7 Å². The lowest BCUT2D eigenvalue weighted by Gasteiger charge is -2.21. The van der Waals surface area contributed by atoms with Crippen LogP contribution in [0.4, 0.5) is 0 Å². The van der Waals surface area contributed by atoms with E-state index in [0.717, 1.165) is 0 Å². The van der Waals surface area contributed by atoms with Crippen LogP contribution in [0.5, 0.6) is 5.75 Å². The molecule has 0 saturated heterocycles. The van der Waals surface area contributed by atoms with Crippen molar-refractivity contribution in [3.63, 3.8) is 0 Å². The van der Waals surface area contributed by atoms with Crippen molar-refractivity contribution in [2.24, 2.45) is 0 Å². The Bertz CT molecular complexity index is 679. The molecule has 0 radical (unpaired) electrons. The maximum Gasteiger partial charge on any atom is 0.255 e. The minimum atomic E-state index is -1.30. The maximum absolute atomic E-state index is 12.2. The normalized spacial score (nSPS) is 13.5. The molecule has 118 valence electrons. The highest BCUT2D eigenvalue weighted by molar-refractivity contribution is 6.30. The molecule has 1 heterocycles. The molecule has 0 aliphatic rings. The number of aliphatic hydroxyl groups is 1. The van der Waals surface area contributed by atoms with Crippen LogP contribution in [0.2, 0.25) is 5.02 Å². The second kappa shape index (κ2) is 6.42. The van der Waals surface area contributed by atoms with E-state index < -0.39 is 5.60 Å². The van der Waals surface area contributed by atoms with E-state index in [2.05, 4.69) is 5.32 Å². The quantitative estimate of drug-likeness (QED) is 0.887. The van der Waals surface area contributed by atoms with E-state index in [1.807, 2.05) is 0 Å². The van der Waals surface area contributed by atoms with Crippen LogP contribution >= 0.6 is 11.6 Å². The van der Waals surface area contributed by atoms with Gasteiger partial charge in [-0.3, -0.25) is 4.79 Å². The Labute approximate surface area is 133 Å². The second-order valence-electron chi connectivity index (χ2n) is 5.21. The van der Waals surface area contributed by atoms with Gasteiger partial charge in [0.05, 0.1) is 19.2 Å². The fourth-order valence-corrected chi connectivity index (χ4v) is 2.17. The third-order valence-corrected chi connectivity index (χ3v) is 3.51. The number of aryl methyl sites for hydroxylation is 1. The molecule has 2 rings (SSSR count). The number of rotatable bonds is 5.